The molecule has 0 heterocycles. The van der Waals surface area contributed by atoms with Crippen molar-refractivity contribution in [1.82, 2.24) is 0 Å². The Kier molecular flexibility index (Phi) is 5.41. The number of carbonyl (C=O) groups is 1. The molecular formula is C21H15BrFNO. The Morgan fingerprint density at radius 2 is 1.48 bits per heavy atom. The number of benzene rings is 3. The minimum absolute atomic E-state index is 0.149. The molecule has 2 nitrogen and oxygen atoms in total. The average Bonchev–Trinajstić information content (AvgIpc) is 2.64. The van der Waals surface area contributed by atoms with Crippen LogP contribution in [0.15, 0.2) is 89.4 Å². The van der Waals surface area contributed by atoms with E-state index in [1.54, 1.807) is 24.3 Å². The van der Waals surface area contributed by atoms with Gasteiger partial charge in [0.05, 0.1) is 5.69 Å². The predicted molar refractivity (Wildman–Crippen MR) is 103 cm³/mol. The molecule has 0 amide bonds. The van der Waals surface area contributed by atoms with Crippen molar-refractivity contribution in [3.8, 4) is 0 Å². The van der Waals surface area contributed by atoms with Gasteiger partial charge in [-0.15, -0.1) is 0 Å². The first-order valence-corrected chi connectivity index (χ1v) is 8.51. The average molecular weight is 396 g/mol. The van der Waals surface area contributed by atoms with Gasteiger partial charge < -0.3 is 5.32 Å². The summed E-state index contributed by atoms with van der Waals surface area (Å²) in [5.41, 5.74) is 2.22. The highest BCUT2D eigenvalue weighted by atomic mass is 79.9. The number of carbonyl (C=O) groups excluding carboxylic acids is 1. The summed E-state index contributed by atoms with van der Waals surface area (Å²) < 4.78 is 14.8. The molecule has 0 spiro atoms. The molecule has 124 valence electrons. The number of rotatable bonds is 5. The lowest BCUT2D eigenvalue weighted by molar-refractivity contribution is 0.104. The molecular weight excluding hydrogens is 381 g/mol. The van der Waals surface area contributed by atoms with E-state index in [1.165, 1.54) is 12.1 Å². The van der Waals surface area contributed by atoms with Gasteiger partial charge in [-0.05, 0) is 23.8 Å². The standard InChI is InChI=1S/C21H15BrFNO/c22-17-11-12-19(18(23)13-17)24-20(15-7-3-1-4-8-15)14-21(25)16-9-5-2-6-10-16/h1-14,24H/b20-14-. The molecule has 3 rings (SSSR count). The summed E-state index contributed by atoms with van der Waals surface area (Å²) in [6, 6.07) is 23.1. The molecule has 0 radical (unpaired) electrons. The molecule has 1 N–H and O–H groups in total. The molecule has 3 aromatic rings. The van der Waals surface area contributed by atoms with Crippen molar-refractivity contribution in [3.05, 3.63) is 106 Å². The van der Waals surface area contributed by atoms with Crippen LogP contribution in [0.25, 0.3) is 5.70 Å². The van der Waals surface area contributed by atoms with E-state index in [0.29, 0.717) is 21.4 Å². The number of allylic oxidation sites excluding steroid dienone is 1. The van der Waals surface area contributed by atoms with Gasteiger partial charge in [0, 0.05) is 21.8 Å². The van der Waals surface area contributed by atoms with Crippen LogP contribution < -0.4 is 5.32 Å². The minimum Gasteiger partial charge on any atom is -0.353 e. The molecule has 0 bridgehead atoms. The van der Waals surface area contributed by atoms with Gasteiger partial charge in [-0.1, -0.05) is 76.6 Å². The highest BCUT2D eigenvalue weighted by Crippen LogP contribution is 2.24. The van der Waals surface area contributed by atoms with E-state index in [9.17, 15) is 9.18 Å². The van der Waals surface area contributed by atoms with E-state index in [4.69, 9.17) is 0 Å². The van der Waals surface area contributed by atoms with E-state index in [2.05, 4.69) is 21.2 Å². The minimum atomic E-state index is -0.400. The van der Waals surface area contributed by atoms with Gasteiger partial charge >= 0.3 is 0 Å². The predicted octanol–water partition coefficient (Wildman–Crippen LogP) is 5.92. The van der Waals surface area contributed by atoms with E-state index in [1.807, 2.05) is 48.5 Å². The summed E-state index contributed by atoms with van der Waals surface area (Å²) in [7, 11) is 0. The second-order valence-corrected chi connectivity index (χ2v) is 6.32. The van der Waals surface area contributed by atoms with Gasteiger partial charge in [-0.25, -0.2) is 4.39 Å². The van der Waals surface area contributed by atoms with Crippen LogP contribution in [0.4, 0.5) is 10.1 Å². The Bertz CT molecular complexity index is 908. The Morgan fingerprint density at radius 1 is 0.880 bits per heavy atom. The van der Waals surface area contributed by atoms with E-state index >= 15 is 0 Å². The highest BCUT2D eigenvalue weighted by Gasteiger charge is 2.10. The first-order chi connectivity index (χ1) is 12.1. The largest absolute Gasteiger partial charge is 0.353 e. The molecule has 0 saturated heterocycles. The first kappa shape index (κ1) is 17.1. The maximum Gasteiger partial charge on any atom is 0.187 e. The fourth-order valence-electron chi connectivity index (χ4n) is 2.36. The Hall–Kier alpha value is -2.72. The van der Waals surface area contributed by atoms with E-state index < -0.39 is 5.82 Å². The molecule has 0 unspecified atom stereocenters. The van der Waals surface area contributed by atoms with Crippen molar-refractivity contribution in [2.75, 3.05) is 5.32 Å². The zero-order valence-corrected chi connectivity index (χ0v) is 14.8. The molecule has 25 heavy (non-hydrogen) atoms. The normalized spacial score (nSPS) is 11.2. The fraction of sp³-hybridized carbons (Fsp3) is 0. The first-order valence-electron chi connectivity index (χ1n) is 7.72. The van der Waals surface area contributed by atoms with Crippen LogP contribution in [-0.4, -0.2) is 5.78 Å². The monoisotopic (exact) mass is 395 g/mol. The number of hydrogen-bond donors (Lipinski definition) is 1. The maximum atomic E-state index is 14.2. The van der Waals surface area contributed by atoms with Gasteiger partial charge in [-0.3, -0.25) is 4.79 Å². The lowest BCUT2D eigenvalue weighted by Gasteiger charge is -2.12. The molecule has 4 heteroatoms. The van der Waals surface area contributed by atoms with Crippen LogP contribution in [0.5, 0.6) is 0 Å². The third-order valence-electron chi connectivity index (χ3n) is 3.62. The summed E-state index contributed by atoms with van der Waals surface area (Å²) in [6.07, 6.45) is 1.49. The van der Waals surface area contributed by atoms with Crippen molar-refractivity contribution in [1.29, 1.82) is 0 Å². The van der Waals surface area contributed by atoms with Gasteiger partial charge in [-0.2, -0.15) is 0 Å². The van der Waals surface area contributed by atoms with Crippen molar-refractivity contribution in [3.63, 3.8) is 0 Å². The lowest BCUT2D eigenvalue weighted by Crippen LogP contribution is -2.05. The Labute approximate surface area is 154 Å². The van der Waals surface area contributed by atoms with E-state index in [-0.39, 0.29) is 5.78 Å². The third kappa shape index (κ3) is 4.43. The highest BCUT2D eigenvalue weighted by molar-refractivity contribution is 9.10. The van der Waals surface area contributed by atoms with Crippen LogP contribution in [0.2, 0.25) is 0 Å². The molecule has 0 saturated carbocycles. The SMILES string of the molecule is O=C(/C=C(\Nc1ccc(Br)cc1F)c1ccccc1)c1ccccc1. The van der Waals surface area contributed by atoms with Gasteiger partial charge in [0.15, 0.2) is 5.78 Å². The molecule has 0 atom stereocenters. The second kappa shape index (κ2) is 7.90. The quantitative estimate of drug-likeness (QED) is 0.428. The molecule has 0 fully saturated rings. The van der Waals surface area contributed by atoms with Gasteiger partial charge in [0.1, 0.15) is 5.82 Å². The number of anilines is 1. The van der Waals surface area contributed by atoms with E-state index in [0.717, 1.165) is 5.56 Å². The Morgan fingerprint density at radius 3 is 2.08 bits per heavy atom. The van der Waals surface area contributed by atoms with Crippen molar-refractivity contribution >= 4 is 33.1 Å². The zero-order valence-electron chi connectivity index (χ0n) is 13.2. The smallest absolute Gasteiger partial charge is 0.187 e. The zero-order chi connectivity index (χ0) is 17.6. The maximum absolute atomic E-state index is 14.2. The summed E-state index contributed by atoms with van der Waals surface area (Å²) >= 11 is 3.24. The Balaban J connectivity index is 1.98. The number of ketones is 1. The van der Waals surface area contributed by atoms with Gasteiger partial charge in [0.25, 0.3) is 0 Å². The van der Waals surface area contributed by atoms with Crippen LogP contribution in [0.3, 0.4) is 0 Å². The number of halogens is 2. The van der Waals surface area contributed by atoms with Crippen LogP contribution in [0, 0.1) is 5.82 Å². The topological polar surface area (TPSA) is 29.1 Å². The summed E-state index contributed by atoms with van der Waals surface area (Å²) in [4.78, 5) is 12.5. The van der Waals surface area contributed by atoms with Crippen molar-refractivity contribution in [2.24, 2.45) is 0 Å². The summed E-state index contributed by atoms with van der Waals surface area (Å²) in [6.45, 7) is 0. The molecule has 0 aromatic heterocycles. The van der Waals surface area contributed by atoms with Crippen LogP contribution in [0.1, 0.15) is 15.9 Å². The number of hydrogen-bond acceptors (Lipinski definition) is 2. The second-order valence-electron chi connectivity index (χ2n) is 5.40. The lowest BCUT2D eigenvalue weighted by atomic mass is 10.1. The van der Waals surface area contributed by atoms with Crippen molar-refractivity contribution < 1.29 is 9.18 Å². The molecule has 0 aliphatic carbocycles. The molecule has 3 aromatic carbocycles. The van der Waals surface area contributed by atoms with Crippen molar-refractivity contribution in [2.45, 2.75) is 0 Å². The van der Waals surface area contributed by atoms with Crippen LogP contribution in [-0.2, 0) is 0 Å². The molecule has 0 aliphatic heterocycles. The fourth-order valence-corrected chi connectivity index (χ4v) is 2.70. The third-order valence-corrected chi connectivity index (χ3v) is 4.11. The number of nitrogens with one attached hydrogen (secondary N) is 1. The van der Waals surface area contributed by atoms with Crippen LogP contribution >= 0.6 is 15.9 Å². The summed E-state index contributed by atoms with van der Waals surface area (Å²) in [5, 5.41) is 3.04. The van der Waals surface area contributed by atoms with Gasteiger partial charge in [0.2, 0.25) is 0 Å². The molecule has 0 aliphatic rings. The summed E-state index contributed by atoms with van der Waals surface area (Å²) in [5.74, 6) is -0.548.